The molecule has 1 aromatic rings. The first-order valence-electron chi connectivity index (χ1n) is 10.2. The van der Waals surface area contributed by atoms with Gasteiger partial charge in [-0.05, 0) is 43.0 Å². The molecule has 0 bridgehead atoms. The molecule has 160 valence electrons. The quantitative estimate of drug-likeness (QED) is 0.617. The molecule has 1 aliphatic carbocycles. The normalized spacial score (nSPS) is 18.9. The van der Waals surface area contributed by atoms with E-state index < -0.39 is 11.9 Å². The number of nitrogens with one attached hydrogen (secondary N) is 3. The van der Waals surface area contributed by atoms with Gasteiger partial charge in [0.2, 0.25) is 11.8 Å². The maximum Gasteiger partial charge on any atom is 0.321 e. The number of amides is 4. The molecule has 2 rings (SSSR count). The highest BCUT2D eigenvalue weighted by Gasteiger charge is 2.23. The first-order chi connectivity index (χ1) is 13.9. The molecule has 0 aliphatic heterocycles. The number of nitrogens with zero attached hydrogens (tertiary/aromatic N) is 1. The molecule has 2 unspecified atom stereocenters. The second-order valence-electron chi connectivity index (χ2n) is 7.60. The molecule has 0 heterocycles. The van der Waals surface area contributed by atoms with E-state index in [-0.39, 0.29) is 37.4 Å². The average molecular weight is 407 g/mol. The van der Waals surface area contributed by atoms with Gasteiger partial charge < -0.3 is 10.6 Å². The van der Waals surface area contributed by atoms with E-state index in [9.17, 15) is 18.8 Å². The number of halogens is 1. The minimum absolute atomic E-state index is 0.0341. The van der Waals surface area contributed by atoms with Gasteiger partial charge in [0.05, 0.1) is 13.1 Å². The molecule has 29 heavy (non-hydrogen) atoms. The molecule has 1 aromatic carbocycles. The second kappa shape index (κ2) is 11.5. The fourth-order valence-electron chi connectivity index (χ4n) is 3.45. The van der Waals surface area contributed by atoms with E-state index in [2.05, 4.69) is 22.9 Å². The van der Waals surface area contributed by atoms with Crippen LogP contribution in [0, 0.1) is 11.7 Å². The molecule has 1 saturated carbocycles. The third kappa shape index (κ3) is 8.19. The van der Waals surface area contributed by atoms with Crippen LogP contribution >= 0.6 is 0 Å². The van der Waals surface area contributed by atoms with E-state index >= 15 is 0 Å². The molecule has 4 amide bonds. The highest BCUT2D eigenvalue weighted by Crippen LogP contribution is 2.23. The van der Waals surface area contributed by atoms with Gasteiger partial charge in [0, 0.05) is 12.6 Å². The van der Waals surface area contributed by atoms with E-state index in [0.717, 1.165) is 24.8 Å². The molecule has 3 N–H and O–H groups in total. The molecule has 0 radical (unpaired) electrons. The standard InChI is InChI=1S/C21H31FN4O3/c1-3-26(13-19(27)23-12-16-8-10-17(22)11-9-16)14-20(28)25-21(29)24-18-7-5-4-6-15(18)2/h8-11,15,18H,3-7,12-14H2,1-2H3,(H,23,27)(H2,24,25,28,29). The van der Waals surface area contributed by atoms with Gasteiger partial charge in [-0.15, -0.1) is 0 Å². The summed E-state index contributed by atoms with van der Waals surface area (Å²) in [5.41, 5.74) is 0.786. The van der Waals surface area contributed by atoms with Crippen LogP contribution < -0.4 is 16.0 Å². The monoisotopic (exact) mass is 406 g/mol. The lowest BCUT2D eigenvalue weighted by Crippen LogP contribution is -2.50. The summed E-state index contributed by atoms with van der Waals surface area (Å²) in [6.45, 7) is 4.70. The van der Waals surface area contributed by atoms with Gasteiger partial charge in [-0.2, -0.15) is 0 Å². The number of hydrogen-bond acceptors (Lipinski definition) is 4. The smallest absolute Gasteiger partial charge is 0.321 e. The Morgan fingerprint density at radius 3 is 2.38 bits per heavy atom. The number of benzene rings is 1. The van der Waals surface area contributed by atoms with Gasteiger partial charge in [-0.1, -0.05) is 38.8 Å². The van der Waals surface area contributed by atoms with E-state index in [0.29, 0.717) is 12.5 Å². The molecular weight excluding hydrogens is 375 g/mol. The number of hydrogen-bond donors (Lipinski definition) is 3. The Kier molecular flexibility index (Phi) is 9.05. The number of rotatable bonds is 8. The molecule has 0 spiro atoms. The Labute approximate surface area is 171 Å². The van der Waals surface area contributed by atoms with Crippen molar-refractivity contribution in [2.24, 2.45) is 5.92 Å². The Hall–Kier alpha value is -2.48. The minimum Gasteiger partial charge on any atom is -0.351 e. The Balaban J connectivity index is 1.71. The summed E-state index contributed by atoms with van der Waals surface area (Å²) in [6.07, 6.45) is 4.27. The second-order valence-corrected chi connectivity index (χ2v) is 7.60. The van der Waals surface area contributed by atoms with Crippen LogP contribution in [-0.2, 0) is 16.1 Å². The Morgan fingerprint density at radius 1 is 1.07 bits per heavy atom. The fourth-order valence-corrected chi connectivity index (χ4v) is 3.45. The number of likely N-dealkylation sites (N-methyl/N-ethyl adjacent to an activating group) is 1. The number of urea groups is 1. The molecule has 0 saturated heterocycles. The summed E-state index contributed by atoms with van der Waals surface area (Å²) in [5, 5.41) is 7.97. The van der Waals surface area contributed by atoms with Gasteiger partial charge >= 0.3 is 6.03 Å². The zero-order valence-corrected chi connectivity index (χ0v) is 17.2. The van der Waals surface area contributed by atoms with Crippen LogP contribution in [0.25, 0.3) is 0 Å². The highest BCUT2D eigenvalue weighted by atomic mass is 19.1. The first kappa shape index (κ1) is 22.8. The van der Waals surface area contributed by atoms with Crippen molar-refractivity contribution in [3.05, 3.63) is 35.6 Å². The summed E-state index contributed by atoms with van der Waals surface area (Å²) < 4.78 is 12.9. The van der Waals surface area contributed by atoms with Crippen LogP contribution in [0.4, 0.5) is 9.18 Å². The molecule has 0 aromatic heterocycles. The van der Waals surface area contributed by atoms with Crippen molar-refractivity contribution < 1.29 is 18.8 Å². The van der Waals surface area contributed by atoms with Gasteiger partial charge in [0.25, 0.3) is 0 Å². The zero-order chi connectivity index (χ0) is 21.2. The SMILES string of the molecule is CCN(CC(=O)NCc1ccc(F)cc1)CC(=O)NC(=O)NC1CCCCC1C. The van der Waals surface area contributed by atoms with Crippen LogP contribution in [-0.4, -0.2) is 48.4 Å². The topological polar surface area (TPSA) is 90.5 Å². The average Bonchev–Trinajstić information content (AvgIpc) is 2.68. The van der Waals surface area contributed by atoms with Gasteiger partial charge in [-0.25, -0.2) is 9.18 Å². The lowest BCUT2D eigenvalue weighted by molar-refractivity contribution is -0.124. The highest BCUT2D eigenvalue weighted by molar-refractivity contribution is 5.95. The van der Waals surface area contributed by atoms with Crippen LogP contribution in [0.2, 0.25) is 0 Å². The van der Waals surface area contributed by atoms with E-state index in [4.69, 9.17) is 0 Å². The van der Waals surface area contributed by atoms with E-state index in [1.807, 2.05) is 6.92 Å². The van der Waals surface area contributed by atoms with Crippen LogP contribution in [0.15, 0.2) is 24.3 Å². The summed E-state index contributed by atoms with van der Waals surface area (Å²) in [4.78, 5) is 38.0. The lowest BCUT2D eigenvalue weighted by Gasteiger charge is -2.29. The zero-order valence-electron chi connectivity index (χ0n) is 17.2. The number of carbonyl (C=O) groups is 3. The van der Waals surface area contributed by atoms with Crippen LogP contribution in [0.5, 0.6) is 0 Å². The van der Waals surface area contributed by atoms with Crippen molar-refractivity contribution in [3.8, 4) is 0 Å². The largest absolute Gasteiger partial charge is 0.351 e. The maximum absolute atomic E-state index is 12.9. The fraction of sp³-hybridized carbons (Fsp3) is 0.571. The third-order valence-corrected chi connectivity index (χ3v) is 5.27. The molecule has 1 aliphatic rings. The minimum atomic E-state index is -0.481. The summed E-state index contributed by atoms with van der Waals surface area (Å²) in [7, 11) is 0. The van der Waals surface area contributed by atoms with Crippen LogP contribution in [0.1, 0.15) is 45.1 Å². The van der Waals surface area contributed by atoms with Crippen molar-refractivity contribution >= 4 is 17.8 Å². The number of carbonyl (C=O) groups excluding carboxylic acids is 3. The van der Waals surface area contributed by atoms with Gasteiger partial charge in [0.1, 0.15) is 5.82 Å². The molecule has 7 nitrogen and oxygen atoms in total. The summed E-state index contributed by atoms with van der Waals surface area (Å²) >= 11 is 0. The third-order valence-electron chi connectivity index (χ3n) is 5.27. The predicted molar refractivity (Wildman–Crippen MR) is 108 cm³/mol. The van der Waals surface area contributed by atoms with Gasteiger partial charge in [0.15, 0.2) is 0 Å². The van der Waals surface area contributed by atoms with E-state index in [1.165, 1.54) is 18.6 Å². The van der Waals surface area contributed by atoms with Crippen molar-refractivity contribution in [3.63, 3.8) is 0 Å². The first-order valence-corrected chi connectivity index (χ1v) is 10.2. The Bertz CT molecular complexity index is 696. The summed E-state index contributed by atoms with van der Waals surface area (Å²) in [6, 6.07) is 5.49. The van der Waals surface area contributed by atoms with Crippen molar-refractivity contribution in [1.82, 2.24) is 20.9 Å². The Morgan fingerprint density at radius 2 is 1.72 bits per heavy atom. The molecule has 2 atom stereocenters. The lowest BCUT2D eigenvalue weighted by atomic mass is 9.86. The van der Waals surface area contributed by atoms with Crippen LogP contribution in [0.3, 0.4) is 0 Å². The van der Waals surface area contributed by atoms with E-state index in [1.54, 1.807) is 17.0 Å². The summed E-state index contributed by atoms with van der Waals surface area (Å²) in [5.74, 6) is -0.615. The van der Waals surface area contributed by atoms with Crippen molar-refractivity contribution in [2.45, 2.75) is 52.1 Å². The predicted octanol–water partition coefficient (Wildman–Crippen LogP) is 2.17. The number of imide groups is 1. The van der Waals surface area contributed by atoms with Crippen molar-refractivity contribution in [2.75, 3.05) is 19.6 Å². The molecule has 1 fully saturated rings. The molecular formula is C21H31FN4O3. The van der Waals surface area contributed by atoms with Crippen molar-refractivity contribution in [1.29, 1.82) is 0 Å². The maximum atomic E-state index is 12.9. The van der Waals surface area contributed by atoms with Gasteiger partial charge in [-0.3, -0.25) is 19.8 Å². The molecule has 8 heteroatoms.